The van der Waals surface area contributed by atoms with E-state index in [0.29, 0.717) is 5.28 Å². The molecule has 92 valence electrons. The fourth-order valence-corrected chi connectivity index (χ4v) is 1.81. The van der Waals surface area contributed by atoms with Crippen LogP contribution in [-0.2, 0) is 17.7 Å². The van der Waals surface area contributed by atoms with Gasteiger partial charge in [0, 0.05) is 26.7 Å². The van der Waals surface area contributed by atoms with Crippen LogP contribution in [0.1, 0.15) is 33.0 Å². The second-order valence-corrected chi connectivity index (χ2v) is 5.07. The van der Waals surface area contributed by atoms with E-state index >= 15 is 0 Å². The molecule has 0 aliphatic rings. The number of rotatable bonds is 6. The maximum Gasteiger partial charge on any atom is 0.225 e. The van der Waals surface area contributed by atoms with Crippen LogP contribution in [0.5, 0.6) is 0 Å². The highest BCUT2D eigenvalue weighted by atomic mass is 35.5. The van der Waals surface area contributed by atoms with Crippen LogP contribution in [0.25, 0.3) is 0 Å². The highest BCUT2D eigenvalue weighted by Gasteiger charge is 2.21. The molecule has 0 aliphatic heterocycles. The molecule has 1 aromatic rings. The van der Waals surface area contributed by atoms with Gasteiger partial charge in [-0.2, -0.15) is 0 Å². The number of aryl methyl sites for hydroxylation is 1. The van der Waals surface area contributed by atoms with Crippen LogP contribution in [0.4, 0.5) is 0 Å². The second kappa shape index (κ2) is 5.64. The highest BCUT2D eigenvalue weighted by Crippen LogP contribution is 2.25. The lowest BCUT2D eigenvalue weighted by molar-refractivity contribution is 0.142. The minimum absolute atomic E-state index is 0.131. The normalized spacial score (nSPS) is 12.1. The number of ether oxygens (including phenoxy) is 1. The molecule has 0 N–H and O–H groups in total. The van der Waals surface area contributed by atoms with Gasteiger partial charge in [0.25, 0.3) is 0 Å². The van der Waals surface area contributed by atoms with Crippen molar-refractivity contribution in [3.8, 4) is 0 Å². The van der Waals surface area contributed by atoms with Crippen LogP contribution in [-0.4, -0.2) is 28.5 Å². The SMILES string of the molecule is CCc1nnc(Cl)n1CC(C)(C)CCOC. The summed E-state index contributed by atoms with van der Waals surface area (Å²) in [7, 11) is 1.72. The van der Waals surface area contributed by atoms with E-state index < -0.39 is 0 Å². The van der Waals surface area contributed by atoms with Crippen molar-refractivity contribution < 1.29 is 4.74 Å². The van der Waals surface area contributed by atoms with Crippen molar-refractivity contribution >= 4 is 11.6 Å². The summed E-state index contributed by atoms with van der Waals surface area (Å²) in [5.41, 5.74) is 0.131. The largest absolute Gasteiger partial charge is 0.385 e. The van der Waals surface area contributed by atoms with Crippen molar-refractivity contribution in [1.29, 1.82) is 0 Å². The van der Waals surface area contributed by atoms with Gasteiger partial charge in [0.2, 0.25) is 5.28 Å². The Kier molecular flexibility index (Phi) is 4.74. The molecule has 0 atom stereocenters. The van der Waals surface area contributed by atoms with Crippen molar-refractivity contribution in [3.63, 3.8) is 0 Å². The molecule has 0 saturated heterocycles. The summed E-state index contributed by atoms with van der Waals surface area (Å²) in [6.07, 6.45) is 1.83. The van der Waals surface area contributed by atoms with E-state index in [9.17, 15) is 0 Å². The van der Waals surface area contributed by atoms with Crippen LogP contribution in [0.2, 0.25) is 5.28 Å². The monoisotopic (exact) mass is 245 g/mol. The second-order valence-electron chi connectivity index (χ2n) is 4.73. The lowest BCUT2D eigenvalue weighted by Crippen LogP contribution is -2.22. The summed E-state index contributed by atoms with van der Waals surface area (Å²) in [4.78, 5) is 0. The van der Waals surface area contributed by atoms with Gasteiger partial charge >= 0.3 is 0 Å². The minimum atomic E-state index is 0.131. The van der Waals surface area contributed by atoms with Gasteiger partial charge in [-0.05, 0) is 23.4 Å². The van der Waals surface area contributed by atoms with Crippen LogP contribution >= 0.6 is 11.6 Å². The quantitative estimate of drug-likeness (QED) is 0.773. The smallest absolute Gasteiger partial charge is 0.225 e. The first-order valence-corrected chi connectivity index (χ1v) is 5.94. The zero-order chi connectivity index (χ0) is 12.2. The molecule has 5 heteroatoms. The lowest BCUT2D eigenvalue weighted by Gasteiger charge is -2.25. The molecule has 16 heavy (non-hydrogen) atoms. The first kappa shape index (κ1) is 13.5. The van der Waals surface area contributed by atoms with Gasteiger partial charge in [-0.15, -0.1) is 10.2 Å². The fraction of sp³-hybridized carbons (Fsp3) is 0.818. The van der Waals surface area contributed by atoms with Crippen molar-refractivity contribution in [2.24, 2.45) is 5.41 Å². The number of methoxy groups -OCH3 is 1. The topological polar surface area (TPSA) is 39.9 Å². The molecular formula is C11H20ClN3O. The summed E-state index contributed by atoms with van der Waals surface area (Å²) in [6.45, 7) is 8.03. The Morgan fingerprint density at radius 1 is 1.38 bits per heavy atom. The Balaban J connectivity index is 2.74. The van der Waals surface area contributed by atoms with Gasteiger partial charge in [0.05, 0.1) is 0 Å². The van der Waals surface area contributed by atoms with Crippen molar-refractivity contribution in [2.75, 3.05) is 13.7 Å². The molecule has 0 bridgehead atoms. The summed E-state index contributed by atoms with van der Waals surface area (Å²) >= 11 is 6.02. The summed E-state index contributed by atoms with van der Waals surface area (Å²) in [6, 6.07) is 0. The third kappa shape index (κ3) is 3.46. The zero-order valence-electron chi connectivity index (χ0n) is 10.5. The molecule has 0 unspecified atom stereocenters. The van der Waals surface area contributed by atoms with Gasteiger partial charge in [-0.1, -0.05) is 20.8 Å². The zero-order valence-corrected chi connectivity index (χ0v) is 11.2. The summed E-state index contributed by atoms with van der Waals surface area (Å²) in [5, 5.41) is 8.42. The number of aromatic nitrogens is 3. The van der Waals surface area contributed by atoms with Crippen LogP contribution in [0.3, 0.4) is 0 Å². The van der Waals surface area contributed by atoms with Crippen LogP contribution in [0.15, 0.2) is 0 Å². The molecule has 0 aromatic carbocycles. The minimum Gasteiger partial charge on any atom is -0.385 e. The number of nitrogens with zero attached hydrogens (tertiary/aromatic N) is 3. The molecular weight excluding hydrogens is 226 g/mol. The lowest BCUT2D eigenvalue weighted by atomic mass is 9.89. The maximum atomic E-state index is 6.02. The van der Waals surface area contributed by atoms with Crippen molar-refractivity contribution in [1.82, 2.24) is 14.8 Å². The van der Waals surface area contributed by atoms with E-state index in [2.05, 4.69) is 31.0 Å². The Bertz CT molecular complexity index is 336. The van der Waals surface area contributed by atoms with Gasteiger partial charge in [-0.3, -0.25) is 0 Å². The van der Waals surface area contributed by atoms with E-state index in [1.54, 1.807) is 7.11 Å². The van der Waals surface area contributed by atoms with Gasteiger partial charge < -0.3 is 9.30 Å². The Morgan fingerprint density at radius 3 is 2.62 bits per heavy atom. The first-order chi connectivity index (χ1) is 7.50. The molecule has 1 rings (SSSR count). The van der Waals surface area contributed by atoms with E-state index in [0.717, 1.165) is 31.8 Å². The van der Waals surface area contributed by atoms with Gasteiger partial charge in [-0.25, -0.2) is 0 Å². The molecule has 0 spiro atoms. The highest BCUT2D eigenvalue weighted by molar-refractivity contribution is 6.28. The molecule has 1 aromatic heterocycles. The number of hydrogen-bond acceptors (Lipinski definition) is 3. The molecule has 0 fully saturated rings. The van der Waals surface area contributed by atoms with Crippen LogP contribution in [0, 0.1) is 5.41 Å². The Hall–Kier alpha value is -0.610. The predicted octanol–water partition coefficient (Wildman–Crippen LogP) is 2.56. The Labute approximate surface area is 102 Å². The average molecular weight is 246 g/mol. The standard InChI is InChI=1S/C11H20ClN3O/c1-5-9-13-14-10(12)15(9)8-11(2,3)6-7-16-4/h5-8H2,1-4H3. The van der Waals surface area contributed by atoms with Crippen molar-refractivity contribution in [2.45, 2.75) is 40.2 Å². The molecule has 0 radical (unpaired) electrons. The maximum absolute atomic E-state index is 6.02. The van der Waals surface area contributed by atoms with E-state index in [-0.39, 0.29) is 5.41 Å². The van der Waals surface area contributed by atoms with Crippen LogP contribution < -0.4 is 0 Å². The molecule has 4 nitrogen and oxygen atoms in total. The van der Waals surface area contributed by atoms with Gasteiger partial charge in [0.15, 0.2) is 0 Å². The summed E-state index contributed by atoms with van der Waals surface area (Å²) < 4.78 is 7.09. The van der Waals surface area contributed by atoms with E-state index in [1.807, 2.05) is 4.57 Å². The predicted molar refractivity (Wildman–Crippen MR) is 64.7 cm³/mol. The summed E-state index contributed by atoms with van der Waals surface area (Å²) in [5.74, 6) is 0.940. The fourth-order valence-electron chi connectivity index (χ4n) is 1.62. The van der Waals surface area contributed by atoms with Gasteiger partial charge in [0.1, 0.15) is 5.82 Å². The average Bonchev–Trinajstić information content (AvgIpc) is 2.57. The van der Waals surface area contributed by atoms with E-state index in [4.69, 9.17) is 16.3 Å². The third-order valence-corrected chi connectivity index (χ3v) is 2.95. The molecule has 1 heterocycles. The number of hydrogen-bond donors (Lipinski definition) is 0. The van der Waals surface area contributed by atoms with E-state index in [1.165, 1.54) is 0 Å². The Morgan fingerprint density at radius 2 is 2.06 bits per heavy atom. The number of halogens is 1. The molecule has 0 amide bonds. The van der Waals surface area contributed by atoms with Crippen molar-refractivity contribution in [3.05, 3.63) is 11.1 Å². The molecule has 0 saturated carbocycles. The molecule has 0 aliphatic carbocycles. The first-order valence-electron chi connectivity index (χ1n) is 5.56. The third-order valence-electron chi connectivity index (χ3n) is 2.67.